The monoisotopic (exact) mass is 377 g/mol. The molecule has 0 amide bonds. The summed E-state index contributed by atoms with van der Waals surface area (Å²) < 4.78 is 53.5. The Bertz CT molecular complexity index is 462. The predicted molar refractivity (Wildman–Crippen MR) is 77.8 cm³/mol. The van der Waals surface area contributed by atoms with E-state index in [2.05, 4.69) is 15.9 Å². The van der Waals surface area contributed by atoms with Crippen LogP contribution in [0.3, 0.4) is 0 Å². The molecule has 114 valence electrons. The van der Waals surface area contributed by atoms with Crippen LogP contribution >= 0.6 is 15.9 Å². The minimum absolute atomic E-state index is 0.0369. The lowest BCUT2D eigenvalue weighted by molar-refractivity contribution is 0.141. The molecular formula is C10H20BrNO5S2. The Morgan fingerprint density at radius 1 is 1.26 bits per heavy atom. The van der Waals surface area contributed by atoms with Gasteiger partial charge in [0.2, 0.25) is 10.0 Å². The number of ether oxygens (including phenoxy) is 1. The molecule has 0 spiro atoms. The third-order valence-electron chi connectivity index (χ3n) is 3.13. The van der Waals surface area contributed by atoms with Crippen molar-refractivity contribution in [1.29, 1.82) is 0 Å². The summed E-state index contributed by atoms with van der Waals surface area (Å²) in [4.78, 5) is 0. The highest BCUT2D eigenvalue weighted by Gasteiger charge is 2.35. The zero-order valence-electron chi connectivity index (χ0n) is 10.9. The molecule has 1 aliphatic rings. The molecule has 0 aromatic heterocycles. The molecule has 0 unspecified atom stereocenters. The Hall–Kier alpha value is 0.300. The summed E-state index contributed by atoms with van der Waals surface area (Å²) in [5.74, 6) is -0.0738. The molecule has 0 saturated carbocycles. The Balaban J connectivity index is 2.51. The topological polar surface area (TPSA) is 80.8 Å². The van der Waals surface area contributed by atoms with Crippen LogP contribution in [-0.4, -0.2) is 70.0 Å². The van der Waals surface area contributed by atoms with E-state index in [4.69, 9.17) is 4.74 Å². The van der Waals surface area contributed by atoms with E-state index in [9.17, 15) is 16.8 Å². The van der Waals surface area contributed by atoms with Crippen molar-refractivity contribution in [3.8, 4) is 0 Å². The second-order valence-electron chi connectivity index (χ2n) is 4.52. The number of halogens is 1. The lowest BCUT2D eigenvalue weighted by Crippen LogP contribution is -2.42. The van der Waals surface area contributed by atoms with Crippen molar-refractivity contribution in [3.05, 3.63) is 0 Å². The molecule has 1 heterocycles. The van der Waals surface area contributed by atoms with Crippen LogP contribution in [0.5, 0.6) is 0 Å². The smallest absolute Gasteiger partial charge is 0.216 e. The third kappa shape index (κ3) is 5.30. The van der Waals surface area contributed by atoms with Gasteiger partial charge in [0.05, 0.1) is 30.0 Å². The van der Waals surface area contributed by atoms with Crippen molar-refractivity contribution >= 4 is 35.8 Å². The fraction of sp³-hybridized carbons (Fsp3) is 1.00. The maximum absolute atomic E-state index is 12.2. The molecule has 0 aromatic rings. The van der Waals surface area contributed by atoms with Crippen molar-refractivity contribution in [3.63, 3.8) is 0 Å². The van der Waals surface area contributed by atoms with Crippen LogP contribution in [0.1, 0.15) is 12.8 Å². The van der Waals surface area contributed by atoms with Crippen molar-refractivity contribution in [2.45, 2.75) is 18.1 Å². The number of nitrogens with zero attached hydrogens (tertiary/aromatic N) is 1. The average molecular weight is 378 g/mol. The summed E-state index contributed by atoms with van der Waals surface area (Å²) in [6.07, 6.45) is 0.383. The van der Waals surface area contributed by atoms with Crippen molar-refractivity contribution < 1.29 is 21.6 Å². The fourth-order valence-corrected chi connectivity index (χ4v) is 5.59. The fourth-order valence-electron chi connectivity index (χ4n) is 1.90. The van der Waals surface area contributed by atoms with E-state index in [0.29, 0.717) is 25.1 Å². The summed E-state index contributed by atoms with van der Waals surface area (Å²) in [6, 6.07) is 0. The molecule has 0 radical (unpaired) electrons. The van der Waals surface area contributed by atoms with Gasteiger partial charge in [0, 0.05) is 18.9 Å². The maximum atomic E-state index is 12.2. The first kappa shape index (κ1) is 17.4. The zero-order chi connectivity index (χ0) is 14.5. The number of alkyl halides is 1. The number of rotatable bonds is 7. The van der Waals surface area contributed by atoms with E-state index < -0.39 is 25.1 Å². The normalized spacial score (nSPS) is 20.8. The van der Waals surface area contributed by atoms with Crippen LogP contribution in [0, 0.1) is 0 Å². The van der Waals surface area contributed by atoms with Crippen LogP contribution in [0.15, 0.2) is 0 Å². The minimum Gasteiger partial charge on any atom is -0.379 e. The second-order valence-corrected chi connectivity index (χ2v) is 9.94. The Labute approximate surface area is 123 Å². The van der Waals surface area contributed by atoms with Gasteiger partial charge >= 0.3 is 0 Å². The molecule has 1 fully saturated rings. The van der Waals surface area contributed by atoms with Crippen molar-refractivity contribution in [2.24, 2.45) is 0 Å². The number of likely N-dealkylation sites (N-methyl/N-ethyl adjacent to an activating group) is 1. The van der Waals surface area contributed by atoms with Crippen LogP contribution in [0.25, 0.3) is 0 Å². The Morgan fingerprint density at radius 2 is 1.84 bits per heavy atom. The SMILES string of the molecule is CN(CCOCCBr)S(=O)(=O)C1CCS(=O)(=O)CC1. The van der Waals surface area contributed by atoms with Crippen LogP contribution < -0.4 is 0 Å². The van der Waals surface area contributed by atoms with Gasteiger partial charge in [0.25, 0.3) is 0 Å². The number of sulfonamides is 1. The van der Waals surface area contributed by atoms with Crippen LogP contribution in [0.4, 0.5) is 0 Å². The highest BCUT2D eigenvalue weighted by Crippen LogP contribution is 2.21. The average Bonchev–Trinajstić information content (AvgIpc) is 2.33. The van der Waals surface area contributed by atoms with Gasteiger partial charge < -0.3 is 4.74 Å². The zero-order valence-corrected chi connectivity index (χ0v) is 14.1. The van der Waals surface area contributed by atoms with E-state index in [0.717, 1.165) is 0 Å². The first-order chi connectivity index (χ1) is 8.79. The first-order valence-corrected chi connectivity index (χ1v) is 10.5. The summed E-state index contributed by atoms with van der Waals surface area (Å²) in [5.41, 5.74) is 0. The molecule has 1 rings (SSSR count). The molecule has 0 aromatic carbocycles. The standard InChI is InChI=1S/C10H20BrNO5S2/c1-12(5-7-17-6-4-11)19(15,16)10-2-8-18(13,14)9-3-10/h10H,2-9H2,1H3. The maximum Gasteiger partial charge on any atom is 0.216 e. The molecule has 1 saturated heterocycles. The molecule has 0 atom stereocenters. The van der Waals surface area contributed by atoms with Gasteiger partial charge in [-0.3, -0.25) is 0 Å². The molecule has 9 heteroatoms. The molecule has 19 heavy (non-hydrogen) atoms. The van der Waals surface area contributed by atoms with Gasteiger partial charge in [-0.15, -0.1) is 0 Å². The van der Waals surface area contributed by atoms with Gasteiger partial charge in [-0.25, -0.2) is 21.1 Å². The molecule has 0 aliphatic carbocycles. The van der Waals surface area contributed by atoms with Crippen molar-refractivity contribution in [1.82, 2.24) is 4.31 Å². The van der Waals surface area contributed by atoms with Gasteiger partial charge in [-0.1, -0.05) is 15.9 Å². The van der Waals surface area contributed by atoms with E-state index in [1.54, 1.807) is 0 Å². The summed E-state index contributed by atoms with van der Waals surface area (Å²) in [6.45, 7) is 1.17. The van der Waals surface area contributed by atoms with Gasteiger partial charge in [0.1, 0.15) is 9.84 Å². The number of sulfone groups is 1. The molecule has 0 N–H and O–H groups in total. The predicted octanol–water partition coefficient (Wildman–Crippen LogP) is 0.237. The van der Waals surface area contributed by atoms with Crippen molar-refractivity contribution in [2.75, 3.05) is 43.6 Å². The third-order valence-corrected chi connectivity index (χ3v) is 7.53. The molecular weight excluding hydrogens is 358 g/mol. The van der Waals surface area contributed by atoms with Gasteiger partial charge in [0.15, 0.2) is 0 Å². The Morgan fingerprint density at radius 3 is 2.37 bits per heavy atom. The highest BCUT2D eigenvalue weighted by molar-refractivity contribution is 9.09. The largest absolute Gasteiger partial charge is 0.379 e. The minimum atomic E-state index is -3.42. The van der Waals surface area contributed by atoms with Gasteiger partial charge in [-0.05, 0) is 12.8 Å². The van der Waals surface area contributed by atoms with Gasteiger partial charge in [-0.2, -0.15) is 0 Å². The molecule has 6 nitrogen and oxygen atoms in total. The quantitative estimate of drug-likeness (QED) is 0.468. The lowest BCUT2D eigenvalue weighted by atomic mass is 10.2. The number of hydrogen-bond acceptors (Lipinski definition) is 5. The summed E-state index contributed by atoms with van der Waals surface area (Å²) in [7, 11) is -4.95. The highest BCUT2D eigenvalue weighted by atomic mass is 79.9. The molecule has 1 aliphatic heterocycles. The second kappa shape index (κ2) is 7.35. The Kier molecular flexibility index (Phi) is 6.71. The van der Waals surface area contributed by atoms with E-state index >= 15 is 0 Å². The van der Waals surface area contributed by atoms with E-state index in [1.165, 1.54) is 11.4 Å². The summed E-state index contributed by atoms with van der Waals surface area (Å²) in [5, 5.41) is 0.126. The first-order valence-electron chi connectivity index (χ1n) is 6.09. The van der Waals surface area contributed by atoms with Crippen LogP contribution in [-0.2, 0) is 24.6 Å². The molecule has 0 bridgehead atoms. The van der Waals surface area contributed by atoms with Crippen LogP contribution in [0.2, 0.25) is 0 Å². The van der Waals surface area contributed by atoms with E-state index in [-0.39, 0.29) is 24.3 Å². The number of hydrogen-bond donors (Lipinski definition) is 0. The van der Waals surface area contributed by atoms with E-state index in [1.807, 2.05) is 0 Å². The summed E-state index contributed by atoms with van der Waals surface area (Å²) >= 11 is 3.22. The lowest BCUT2D eigenvalue weighted by Gasteiger charge is -2.27.